The summed E-state index contributed by atoms with van der Waals surface area (Å²) in [5.41, 5.74) is -1.19. The highest BCUT2D eigenvalue weighted by atomic mass is 35.5. The molecule has 1 aromatic heterocycles. The van der Waals surface area contributed by atoms with E-state index in [4.69, 9.17) is 16.9 Å². The quantitative estimate of drug-likeness (QED) is 0.605. The van der Waals surface area contributed by atoms with Crippen LogP contribution in [0.4, 0.5) is 19.0 Å². The van der Waals surface area contributed by atoms with Gasteiger partial charge in [0.2, 0.25) is 0 Å². The molecule has 0 N–H and O–H groups in total. The van der Waals surface area contributed by atoms with Crippen LogP contribution in [-0.4, -0.2) is 23.2 Å². The maximum absolute atomic E-state index is 12.3. The van der Waals surface area contributed by atoms with Crippen molar-refractivity contribution in [2.75, 3.05) is 12.1 Å². The second kappa shape index (κ2) is 4.97. The zero-order chi connectivity index (χ0) is 13.1. The first-order valence-electron chi connectivity index (χ1n) is 4.11. The van der Waals surface area contributed by atoms with Gasteiger partial charge in [-0.05, 0) is 0 Å². The fourth-order valence-corrected chi connectivity index (χ4v) is 1.14. The van der Waals surface area contributed by atoms with Crippen LogP contribution in [0.25, 0.3) is 0 Å². The summed E-state index contributed by atoms with van der Waals surface area (Å²) in [6.07, 6.45) is -3.18. The number of aromatic nitrogens is 2. The number of rotatable bonds is 2. The van der Waals surface area contributed by atoms with E-state index in [0.29, 0.717) is 6.20 Å². The third-order valence-corrected chi connectivity index (χ3v) is 1.85. The van der Waals surface area contributed by atoms with Gasteiger partial charge in [-0.25, -0.2) is 15.0 Å². The van der Waals surface area contributed by atoms with Gasteiger partial charge in [0, 0.05) is 7.05 Å². The molecule has 90 valence electrons. The van der Waals surface area contributed by atoms with Crippen LogP contribution in [0.2, 0.25) is 5.15 Å². The topological polar surface area (TPSA) is 65.2 Å². The number of alkyl halides is 3. The summed E-state index contributed by atoms with van der Waals surface area (Å²) in [6.45, 7) is 0. The number of nitriles is 1. The molecule has 1 aromatic rings. The van der Waals surface area contributed by atoms with Crippen LogP contribution in [0.15, 0.2) is 11.3 Å². The van der Waals surface area contributed by atoms with Crippen molar-refractivity contribution in [3.63, 3.8) is 0 Å². The van der Waals surface area contributed by atoms with Gasteiger partial charge in [0.1, 0.15) is 12.3 Å². The highest BCUT2D eigenvalue weighted by Gasteiger charge is 2.33. The van der Waals surface area contributed by atoms with E-state index in [-0.39, 0.29) is 5.82 Å². The van der Waals surface area contributed by atoms with Crippen LogP contribution in [0.3, 0.4) is 0 Å². The average molecular weight is 264 g/mol. The van der Waals surface area contributed by atoms with E-state index in [9.17, 15) is 13.2 Å². The molecule has 0 aliphatic carbocycles. The summed E-state index contributed by atoms with van der Waals surface area (Å²) >= 11 is 5.54. The molecule has 0 aromatic carbocycles. The van der Waals surface area contributed by atoms with E-state index in [1.165, 1.54) is 7.05 Å². The van der Waals surface area contributed by atoms with Crippen molar-refractivity contribution in [2.45, 2.75) is 6.18 Å². The smallest absolute Gasteiger partial charge is 0.248 e. The standard InChI is InChI=1S/C8H5ClF3N5/c1-17(15-3-2-13)7-6(9)16-5(4-14-7)8(10,11)12/h3-4H,1H3. The molecule has 0 saturated heterocycles. The van der Waals surface area contributed by atoms with E-state index >= 15 is 0 Å². The molecule has 17 heavy (non-hydrogen) atoms. The van der Waals surface area contributed by atoms with Gasteiger partial charge in [-0.15, -0.1) is 0 Å². The van der Waals surface area contributed by atoms with E-state index in [1.54, 1.807) is 6.07 Å². The molecule has 5 nitrogen and oxygen atoms in total. The monoisotopic (exact) mass is 263 g/mol. The third-order valence-electron chi connectivity index (χ3n) is 1.60. The van der Waals surface area contributed by atoms with Gasteiger partial charge < -0.3 is 0 Å². The highest BCUT2D eigenvalue weighted by Crippen LogP contribution is 2.30. The van der Waals surface area contributed by atoms with Gasteiger partial charge in [0.15, 0.2) is 16.7 Å². The Balaban J connectivity index is 3.07. The van der Waals surface area contributed by atoms with Crippen LogP contribution in [0, 0.1) is 11.3 Å². The number of hydrogen-bond donors (Lipinski definition) is 0. The zero-order valence-corrected chi connectivity index (χ0v) is 9.16. The summed E-state index contributed by atoms with van der Waals surface area (Å²) in [5.74, 6) is -0.0776. The molecule has 0 spiro atoms. The Bertz CT molecular complexity index is 479. The summed E-state index contributed by atoms with van der Waals surface area (Å²) in [5, 5.41) is 12.4. The molecule has 0 amide bonds. The Morgan fingerprint density at radius 2 is 2.24 bits per heavy atom. The minimum Gasteiger partial charge on any atom is -0.248 e. The van der Waals surface area contributed by atoms with Crippen LogP contribution in [-0.2, 0) is 6.18 Å². The maximum atomic E-state index is 12.3. The second-order valence-corrected chi connectivity index (χ2v) is 3.12. The van der Waals surface area contributed by atoms with Crippen LogP contribution >= 0.6 is 11.6 Å². The summed E-state index contributed by atoms with van der Waals surface area (Å²) in [7, 11) is 1.37. The van der Waals surface area contributed by atoms with Gasteiger partial charge >= 0.3 is 6.18 Å². The summed E-state index contributed by atoms with van der Waals surface area (Å²) < 4.78 is 36.8. The van der Waals surface area contributed by atoms with E-state index < -0.39 is 17.0 Å². The summed E-state index contributed by atoms with van der Waals surface area (Å²) in [4.78, 5) is 6.64. The number of halogens is 4. The Morgan fingerprint density at radius 3 is 2.71 bits per heavy atom. The van der Waals surface area contributed by atoms with Crippen LogP contribution < -0.4 is 5.01 Å². The Kier molecular flexibility index (Phi) is 3.85. The lowest BCUT2D eigenvalue weighted by Crippen LogP contribution is -2.15. The second-order valence-electron chi connectivity index (χ2n) is 2.76. The molecule has 1 heterocycles. The van der Waals surface area contributed by atoms with Crippen molar-refractivity contribution in [3.05, 3.63) is 17.0 Å². The lowest BCUT2D eigenvalue weighted by Gasteiger charge is -2.13. The molecule has 1 rings (SSSR count). The molecule has 0 unspecified atom stereocenters. The molecule has 0 aliphatic heterocycles. The lowest BCUT2D eigenvalue weighted by atomic mass is 10.4. The predicted molar refractivity (Wildman–Crippen MR) is 54.6 cm³/mol. The van der Waals surface area contributed by atoms with Crippen LogP contribution in [0.5, 0.6) is 0 Å². The van der Waals surface area contributed by atoms with Crippen molar-refractivity contribution in [1.82, 2.24) is 9.97 Å². The highest BCUT2D eigenvalue weighted by molar-refractivity contribution is 6.31. The number of anilines is 1. The van der Waals surface area contributed by atoms with Gasteiger partial charge in [-0.2, -0.15) is 23.5 Å². The number of hydrogen-bond acceptors (Lipinski definition) is 5. The fraction of sp³-hybridized carbons (Fsp3) is 0.250. The molecular weight excluding hydrogens is 259 g/mol. The lowest BCUT2D eigenvalue weighted by molar-refractivity contribution is -0.141. The van der Waals surface area contributed by atoms with E-state index in [1.807, 2.05) is 0 Å². The van der Waals surface area contributed by atoms with Crippen LogP contribution in [0.1, 0.15) is 5.69 Å². The first-order valence-corrected chi connectivity index (χ1v) is 4.49. The van der Waals surface area contributed by atoms with Gasteiger partial charge in [-0.1, -0.05) is 11.6 Å². The molecule has 0 radical (unpaired) electrons. The molecule has 0 saturated carbocycles. The molecule has 9 heteroatoms. The number of hydrazone groups is 1. The zero-order valence-electron chi connectivity index (χ0n) is 8.40. The molecule has 0 bridgehead atoms. The SMILES string of the molecule is CN(N=CC#N)c1ncc(C(F)(F)F)nc1Cl. The molecule has 0 atom stereocenters. The van der Waals surface area contributed by atoms with Crippen molar-refractivity contribution >= 4 is 23.6 Å². The van der Waals surface area contributed by atoms with Crippen molar-refractivity contribution in [1.29, 1.82) is 5.26 Å². The Hall–Kier alpha value is -1.88. The van der Waals surface area contributed by atoms with Gasteiger partial charge in [0.25, 0.3) is 0 Å². The Morgan fingerprint density at radius 1 is 1.59 bits per heavy atom. The van der Waals surface area contributed by atoms with E-state index in [0.717, 1.165) is 11.2 Å². The molecular formula is C8H5ClF3N5. The Labute approximate surface area is 99.1 Å². The van der Waals surface area contributed by atoms with Crippen molar-refractivity contribution in [2.24, 2.45) is 5.10 Å². The van der Waals surface area contributed by atoms with Gasteiger partial charge in [0.05, 0.1) is 6.20 Å². The molecule has 0 aliphatic rings. The normalized spacial score (nSPS) is 11.5. The van der Waals surface area contributed by atoms with Crippen molar-refractivity contribution in [3.8, 4) is 6.07 Å². The number of nitrogens with zero attached hydrogens (tertiary/aromatic N) is 5. The maximum Gasteiger partial charge on any atom is 0.434 e. The molecule has 0 fully saturated rings. The summed E-state index contributed by atoms with van der Waals surface area (Å²) in [6, 6.07) is 1.62. The first kappa shape index (κ1) is 13.2. The minimum absolute atomic E-state index is 0.0776. The fourth-order valence-electron chi connectivity index (χ4n) is 0.881. The first-order chi connectivity index (χ1) is 7.86. The van der Waals surface area contributed by atoms with Crippen molar-refractivity contribution < 1.29 is 13.2 Å². The minimum atomic E-state index is -4.61. The average Bonchev–Trinajstić information content (AvgIpc) is 2.24. The third kappa shape index (κ3) is 3.29. The van der Waals surface area contributed by atoms with Gasteiger partial charge in [-0.3, -0.25) is 0 Å². The largest absolute Gasteiger partial charge is 0.434 e. The van der Waals surface area contributed by atoms with E-state index in [2.05, 4.69) is 15.1 Å². The predicted octanol–water partition coefficient (Wildman–Crippen LogP) is 2.09.